The third-order valence-corrected chi connectivity index (χ3v) is 2.11. The van der Waals surface area contributed by atoms with Gasteiger partial charge in [-0.1, -0.05) is 20.8 Å². The van der Waals surface area contributed by atoms with Gasteiger partial charge in [0.2, 0.25) is 5.91 Å². The molecule has 4 nitrogen and oxygen atoms in total. The van der Waals surface area contributed by atoms with Crippen molar-refractivity contribution in [2.24, 2.45) is 5.41 Å². The van der Waals surface area contributed by atoms with Crippen LogP contribution in [0.4, 0.5) is 0 Å². The van der Waals surface area contributed by atoms with Crippen LogP contribution >= 0.6 is 0 Å². The fraction of sp³-hybridized carbons (Fsp3) is 0.909. The first-order valence-corrected chi connectivity index (χ1v) is 5.25. The number of carbonyl (C=O) groups is 1. The van der Waals surface area contributed by atoms with Crippen molar-refractivity contribution >= 4 is 5.91 Å². The molecule has 90 valence electrons. The van der Waals surface area contributed by atoms with Crippen molar-refractivity contribution in [2.45, 2.75) is 46.3 Å². The van der Waals surface area contributed by atoms with Crippen molar-refractivity contribution in [1.29, 1.82) is 0 Å². The van der Waals surface area contributed by atoms with Crippen molar-refractivity contribution in [1.82, 2.24) is 10.6 Å². The predicted octanol–water partition coefficient (Wildman–Crippen LogP) is 0.508. The first kappa shape index (κ1) is 14.4. The van der Waals surface area contributed by atoms with Gasteiger partial charge in [-0.15, -0.1) is 0 Å². The van der Waals surface area contributed by atoms with Crippen LogP contribution in [-0.2, 0) is 4.79 Å². The summed E-state index contributed by atoms with van der Waals surface area (Å²) in [6.45, 7) is 9.59. The minimum Gasteiger partial charge on any atom is -0.389 e. The quantitative estimate of drug-likeness (QED) is 0.641. The maximum Gasteiger partial charge on any atom is 0.237 e. The van der Waals surface area contributed by atoms with Crippen molar-refractivity contribution in [2.75, 3.05) is 13.6 Å². The van der Waals surface area contributed by atoms with Gasteiger partial charge in [-0.05, 0) is 26.3 Å². The van der Waals surface area contributed by atoms with Crippen LogP contribution in [0.3, 0.4) is 0 Å². The number of aliphatic hydroxyl groups is 1. The monoisotopic (exact) mass is 216 g/mol. The summed E-state index contributed by atoms with van der Waals surface area (Å²) in [6, 6.07) is -0.250. The van der Waals surface area contributed by atoms with E-state index in [4.69, 9.17) is 0 Å². The Kier molecular flexibility index (Phi) is 4.74. The van der Waals surface area contributed by atoms with Gasteiger partial charge in [-0.25, -0.2) is 0 Å². The smallest absolute Gasteiger partial charge is 0.237 e. The summed E-state index contributed by atoms with van der Waals surface area (Å²) in [6.07, 6.45) is 0. The summed E-state index contributed by atoms with van der Waals surface area (Å²) in [7, 11) is 1.76. The van der Waals surface area contributed by atoms with Crippen LogP contribution in [0.15, 0.2) is 0 Å². The van der Waals surface area contributed by atoms with Crippen molar-refractivity contribution in [3.8, 4) is 0 Å². The molecular formula is C11H24N2O2. The van der Waals surface area contributed by atoms with Gasteiger partial charge in [-0.2, -0.15) is 0 Å². The SMILES string of the molecule is CN[C@@H](C(=O)NCC(C)(C)O)C(C)(C)C. The lowest BCUT2D eigenvalue weighted by molar-refractivity contribution is -0.126. The number of likely N-dealkylation sites (N-methyl/N-ethyl adjacent to an activating group) is 1. The van der Waals surface area contributed by atoms with E-state index in [1.807, 2.05) is 20.8 Å². The molecule has 0 saturated heterocycles. The van der Waals surface area contributed by atoms with Gasteiger partial charge in [0.1, 0.15) is 0 Å². The molecule has 1 atom stereocenters. The van der Waals surface area contributed by atoms with Crippen molar-refractivity contribution in [3.05, 3.63) is 0 Å². The lowest BCUT2D eigenvalue weighted by Gasteiger charge is -2.30. The Balaban J connectivity index is 4.31. The van der Waals surface area contributed by atoms with Crippen molar-refractivity contribution in [3.63, 3.8) is 0 Å². The van der Waals surface area contributed by atoms with E-state index >= 15 is 0 Å². The number of hydrogen-bond donors (Lipinski definition) is 3. The first-order valence-electron chi connectivity index (χ1n) is 5.25. The van der Waals surface area contributed by atoms with Crippen molar-refractivity contribution < 1.29 is 9.90 Å². The molecule has 0 aliphatic carbocycles. The Morgan fingerprint density at radius 3 is 2.00 bits per heavy atom. The van der Waals surface area contributed by atoms with Gasteiger partial charge in [0.15, 0.2) is 0 Å². The molecule has 15 heavy (non-hydrogen) atoms. The largest absolute Gasteiger partial charge is 0.389 e. The van der Waals surface area contributed by atoms with Crippen LogP contribution in [0, 0.1) is 5.41 Å². The van der Waals surface area contributed by atoms with Crippen LogP contribution in [0.2, 0.25) is 0 Å². The first-order chi connectivity index (χ1) is 6.58. The Morgan fingerprint density at radius 2 is 1.73 bits per heavy atom. The van der Waals surface area contributed by atoms with E-state index in [2.05, 4.69) is 10.6 Å². The molecule has 0 bridgehead atoms. The highest BCUT2D eigenvalue weighted by Gasteiger charge is 2.30. The zero-order valence-electron chi connectivity index (χ0n) is 10.6. The standard InChI is InChI=1S/C11H24N2O2/c1-10(2,3)8(12-6)9(14)13-7-11(4,5)15/h8,12,15H,7H2,1-6H3,(H,13,14)/t8-/m0/s1. The second kappa shape index (κ2) is 4.94. The predicted molar refractivity (Wildman–Crippen MR) is 61.6 cm³/mol. The van der Waals surface area contributed by atoms with E-state index in [9.17, 15) is 9.90 Å². The average Bonchev–Trinajstić information content (AvgIpc) is 1.98. The van der Waals surface area contributed by atoms with Crippen LogP contribution in [0.1, 0.15) is 34.6 Å². The van der Waals surface area contributed by atoms with Gasteiger partial charge >= 0.3 is 0 Å². The Morgan fingerprint density at radius 1 is 1.27 bits per heavy atom. The van der Waals surface area contributed by atoms with Gasteiger partial charge in [0.25, 0.3) is 0 Å². The van der Waals surface area contributed by atoms with E-state index in [1.54, 1.807) is 20.9 Å². The van der Waals surface area contributed by atoms with Crippen LogP contribution in [0.5, 0.6) is 0 Å². The lowest BCUT2D eigenvalue weighted by Crippen LogP contribution is -2.52. The minimum atomic E-state index is -0.869. The summed E-state index contributed by atoms with van der Waals surface area (Å²) < 4.78 is 0. The highest BCUT2D eigenvalue weighted by Crippen LogP contribution is 2.18. The summed E-state index contributed by atoms with van der Waals surface area (Å²) in [5.74, 6) is -0.0767. The number of carbonyl (C=O) groups excluding carboxylic acids is 1. The second-order valence-corrected chi connectivity index (χ2v) is 5.62. The van der Waals surface area contributed by atoms with E-state index < -0.39 is 5.60 Å². The molecule has 0 aliphatic heterocycles. The van der Waals surface area contributed by atoms with Gasteiger partial charge in [-0.3, -0.25) is 4.79 Å². The molecule has 3 N–H and O–H groups in total. The average molecular weight is 216 g/mol. The number of amides is 1. The molecular weight excluding hydrogens is 192 g/mol. The summed E-state index contributed by atoms with van der Waals surface area (Å²) in [4.78, 5) is 11.8. The molecule has 0 unspecified atom stereocenters. The molecule has 0 spiro atoms. The highest BCUT2D eigenvalue weighted by molar-refractivity contribution is 5.82. The minimum absolute atomic E-state index is 0.0767. The van der Waals surface area contributed by atoms with Gasteiger partial charge in [0, 0.05) is 6.54 Å². The molecule has 1 amide bonds. The zero-order chi connectivity index (χ0) is 12.3. The maximum absolute atomic E-state index is 11.8. The third-order valence-electron chi connectivity index (χ3n) is 2.11. The molecule has 0 radical (unpaired) electrons. The van der Waals surface area contributed by atoms with Gasteiger partial charge < -0.3 is 15.7 Å². The molecule has 4 heteroatoms. The topological polar surface area (TPSA) is 61.4 Å². The molecule has 0 saturated carbocycles. The summed E-state index contributed by atoms with van der Waals surface area (Å²) in [5.41, 5.74) is -1.01. The summed E-state index contributed by atoms with van der Waals surface area (Å²) in [5, 5.41) is 15.2. The second-order valence-electron chi connectivity index (χ2n) is 5.62. The van der Waals surface area contributed by atoms with E-state index in [1.165, 1.54) is 0 Å². The Hall–Kier alpha value is -0.610. The normalized spacial score (nSPS) is 14.9. The molecule has 0 aromatic rings. The molecule has 0 aromatic heterocycles. The van der Waals surface area contributed by atoms with E-state index in [-0.39, 0.29) is 23.9 Å². The molecule has 0 aromatic carbocycles. The fourth-order valence-corrected chi connectivity index (χ4v) is 1.36. The van der Waals surface area contributed by atoms with Crippen LogP contribution < -0.4 is 10.6 Å². The third kappa shape index (κ3) is 5.74. The fourth-order valence-electron chi connectivity index (χ4n) is 1.36. The van der Waals surface area contributed by atoms with Crippen LogP contribution in [0.25, 0.3) is 0 Å². The number of rotatable bonds is 4. The Bertz CT molecular complexity index is 214. The van der Waals surface area contributed by atoms with E-state index in [0.717, 1.165) is 0 Å². The lowest BCUT2D eigenvalue weighted by atomic mass is 9.86. The molecule has 0 rings (SSSR count). The Labute approximate surface area is 92.4 Å². The van der Waals surface area contributed by atoms with Crippen LogP contribution in [-0.4, -0.2) is 36.2 Å². The number of nitrogens with one attached hydrogen (secondary N) is 2. The van der Waals surface area contributed by atoms with E-state index in [0.29, 0.717) is 0 Å². The maximum atomic E-state index is 11.8. The molecule has 0 fully saturated rings. The molecule has 0 heterocycles. The molecule has 0 aliphatic rings. The highest BCUT2D eigenvalue weighted by atomic mass is 16.3. The van der Waals surface area contributed by atoms with Gasteiger partial charge in [0.05, 0.1) is 11.6 Å². The zero-order valence-corrected chi connectivity index (χ0v) is 10.6. The summed E-state index contributed by atoms with van der Waals surface area (Å²) >= 11 is 0. The number of hydrogen-bond acceptors (Lipinski definition) is 3.